The van der Waals surface area contributed by atoms with Gasteiger partial charge in [-0.05, 0) is 24.6 Å². The maximum Gasteiger partial charge on any atom is 0.356 e. The Labute approximate surface area is 109 Å². The van der Waals surface area contributed by atoms with E-state index in [4.69, 9.17) is 5.11 Å². The van der Waals surface area contributed by atoms with Crippen LogP contribution in [0.2, 0.25) is 0 Å². The number of carboxylic acids is 1. The third-order valence-corrected chi connectivity index (χ3v) is 2.92. The van der Waals surface area contributed by atoms with Gasteiger partial charge in [-0.15, -0.1) is 0 Å². The maximum atomic E-state index is 10.7. The number of nitrogens with one attached hydrogen (secondary N) is 1. The lowest BCUT2D eigenvalue weighted by atomic mass is 10.2. The highest BCUT2D eigenvalue weighted by atomic mass is 16.4. The van der Waals surface area contributed by atoms with Gasteiger partial charge in [-0.3, -0.25) is 4.98 Å². The summed E-state index contributed by atoms with van der Waals surface area (Å²) < 4.78 is 0. The van der Waals surface area contributed by atoms with Crippen molar-refractivity contribution in [2.24, 2.45) is 0 Å². The Kier molecular flexibility index (Phi) is 2.52. The van der Waals surface area contributed by atoms with Crippen LogP contribution in [0.1, 0.15) is 16.1 Å². The number of nitrogens with zero attached hydrogens (tertiary/aromatic N) is 2. The van der Waals surface area contributed by atoms with Crippen molar-refractivity contribution in [2.45, 2.75) is 6.92 Å². The molecule has 0 aliphatic rings. The number of aromatic amines is 1. The fourth-order valence-corrected chi connectivity index (χ4v) is 1.96. The molecule has 0 saturated heterocycles. The molecule has 1 aromatic carbocycles. The van der Waals surface area contributed by atoms with Gasteiger partial charge in [0.1, 0.15) is 5.69 Å². The van der Waals surface area contributed by atoms with Gasteiger partial charge in [-0.25, -0.2) is 9.78 Å². The molecule has 2 heterocycles. The normalized spacial score (nSPS) is 10.8. The Morgan fingerprint density at radius 3 is 2.74 bits per heavy atom. The Morgan fingerprint density at radius 1 is 1.21 bits per heavy atom. The van der Waals surface area contributed by atoms with E-state index in [1.54, 1.807) is 0 Å². The summed E-state index contributed by atoms with van der Waals surface area (Å²) in [7, 11) is 0. The molecule has 94 valence electrons. The van der Waals surface area contributed by atoms with Gasteiger partial charge in [0.05, 0.1) is 18.1 Å². The molecule has 2 aromatic heterocycles. The third-order valence-electron chi connectivity index (χ3n) is 2.92. The fourth-order valence-electron chi connectivity index (χ4n) is 1.96. The van der Waals surface area contributed by atoms with Crippen LogP contribution in [0, 0.1) is 6.92 Å². The van der Waals surface area contributed by atoms with Crippen LogP contribution in [-0.2, 0) is 0 Å². The molecule has 5 heteroatoms. The van der Waals surface area contributed by atoms with E-state index in [1.807, 2.05) is 25.1 Å². The Morgan fingerprint density at radius 2 is 2.05 bits per heavy atom. The molecular weight excluding hydrogens is 242 g/mol. The number of carboxylic acid groups (broad SMARTS) is 1. The molecule has 5 nitrogen and oxygen atoms in total. The van der Waals surface area contributed by atoms with Gasteiger partial charge in [0.25, 0.3) is 0 Å². The summed E-state index contributed by atoms with van der Waals surface area (Å²) in [5.74, 6) is -1.08. The number of fused-ring (bicyclic) bond motifs is 1. The fraction of sp³-hybridized carbons (Fsp3) is 0.0714. The van der Waals surface area contributed by atoms with Crippen molar-refractivity contribution in [2.75, 3.05) is 0 Å². The van der Waals surface area contributed by atoms with E-state index in [1.165, 1.54) is 18.0 Å². The highest BCUT2D eigenvalue weighted by Gasteiger charge is 2.08. The van der Waals surface area contributed by atoms with Crippen molar-refractivity contribution >= 4 is 16.9 Å². The lowest BCUT2D eigenvalue weighted by molar-refractivity contribution is 0.0690. The van der Waals surface area contributed by atoms with Crippen LogP contribution < -0.4 is 0 Å². The smallest absolute Gasteiger partial charge is 0.356 e. The zero-order valence-electron chi connectivity index (χ0n) is 10.2. The summed E-state index contributed by atoms with van der Waals surface area (Å²) in [6.07, 6.45) is 2.72. The second-order valence-corrected chi connectivity index (χ2v) is 4.37. The topological polar surface area (TPSA) is 78.9 Å². The van der Waals surface area contributed by atoms with Crippen molar-refractivity contribution in [3.8, 4) is 11.4 Å². The SMILES string of the molecule is Cc1ccc2cc(-c3cnc(C(=O)O)cn3)[nH]c2c1. The molecular formula is C14H11N3O2. The molecule has 0 atom stereocenters. The largest absolute Gasteiger partial charge is 0.476 e. The number of H-pyrrole nitrogens is 1. The van der Waals surface area contributed by atoms with Crippen LogP contribution in [0.4, 0.5) is 0 Å². The lowest BCUT2D eigenvalue weighted by Gasteiger charge is -1.97. The summed E-state index contributed by atoms with van der Waals surface area (Å²) in [6.45, 7) is 2.03. The van der Waals surface area contributed by atoms with Crippen LogP contribution in [0.3, 0.4) is 0 Å². The first-order chi connectivity index (χ1) is 9.13. The van der Waals surface area contributed by atoms with E-state index in [-0.39, 0.29) is 5.69 Å². The number of hydrogen-bond donors (Lipinski definition) is 2. The van der Waals surface area contributed by atoms with E-state index < -0.39 is 5.97 Å². The van der Waals surface area contributed by atoms with Crippen molar-refractivity contribution in [1.82, 2.24) is 15.0 Å². The Hall–Kier alpha value is -2.69. The van der Waals surface area contributed by atoms with Crippen LogP contribution in [0.25, 0.3) is 22.3 Å². The molecule has 3 aromatic rings. The molecule has 0 saturated carbocycles. The minimum atomic E-state index is -1.08. The molecule has 19 heavy (non-hydrogen) atoms. The first-order valence-corrected chi connectivity index (χ1v) is 5.78. The van der Waals surface area contributed by atoms with Gasteiger partial charge in [-0.1, -0.05) is 12.1 Å². The zero-order chi connectivity index (χ0) is 13.4. The molecule has 0 bridgehead atoms. The average Bonchev–Trinajstić information content (AvgIpc) is 2.81. The van der Waals surface area contributed by atoms with E-state index in [0.29, 0.717) is 5.69 Å². The van der Waals surface area contributed by atoms with Crippen LogP contribution >= 0.6 is 0 Å². The summed E-state index contributed by atoms with van der Waals surface area (Å²) in [6, 6.07) is 8.10. The van der Waals surface area contributed by atoms with E-state index >= 15 is 0 Å². The Bertz CT molecular complexity index is 760. The number of carbonyl (C=O) groups is 1. The first kappa shape index (κ1) is 11.4. The van der Waals surface area contributed by atoms with Gasteiger partial charge >= 0.3 is 5.97 Å². The first-order valence-electron chi connectivity index (χ1n) is 5.78. The predicted molar refractivity (Wildman–Crippen MR) is 71.0 cm³/mol. The van der Waals surface area contributed by atoms with Crippen LogP contribution in [0.15, 0.2) is 36.7 Å². The predicted octanol–water partition coefficient (Wildman–Crippen LogP) is 2.63. The Balaban J connectivity index is 2.06. The van der Waals surface area contributed by atoms with Crippen molar-refractivity contribution in [1.29, 1.82) is 0 Å². The number of hydrogen-bond acceptors (Lipinski definition) is 3. The van der Waals surface area contributed by atoms with Gasteiger partial charge < -0.3 is 10.1 Å². The summed E-state index contributed by atoms with van der Waals surface area (Å²) >= 11 is 0. The lowest BCUT2D eigenvalue weighted by Crippen LogP contribution is -2.01. The zero-order valence-corrected chi connectivity index (χ0v) is 10.2. The maximum absolute atomic E-state index is 10.7. The van der Waals surface area contributed by atoms with Crippen LogP contribution in [-0.4, -0.2) is 26.0 Å². The number of rotatable bonds is 2. The minimum absolute atomic E-state index is 0.0595. The second-order valence-electron chi connectivity index (χ2n) is 4.37. The van der Waals surface area contributed by atoms with Crippen LogP contribution in [0.5, 0.6) is 0 Å². The number of aromatic nitrogens is 3. The van der Waals surface area contributed by atoms with Gasteiger partial charge in [0.15, 0.2) is 5.69 Å². The quantitative estimate of drug-likeness (QED) is 0.735. The molecule has 3 rings (SSSR count). The van der Waals surface area contributed by atoms with Gasteiger partial charge in [-0.2, -0.15) is 0 Å². The van der Waals surface area contributed by atoms with E-state index in [2.05, 4.69) is 21.0 Å². The molecule has 0 fully saturated rings. The molecule has 2 N–H and O–H groups in total. The summed E-state index contributed by atoms with van der Waals surface area (Å²) in [5.41, 5.74) is 3.59. The molecule has 0 aliphatic carbocycles. The average molecular weight is 253 g/mol. The summed E-state index contributed by atoms with van der Waals surface area (Å²) in [5, 5.41) is 9.87. The molecule has 0 aliphatic heterocycles. The van der Waals surface area contributed by atoms with Crippen molar-refractivity contribution in [3.05, 3.63) is 47.9 Å². The highest BCUT2D eigenvalue weighted by molar-refractivity contribution is 5.87. The minimum Gasteiger partial charge on any atom is -0.476 e. The van der Waals surface area contributed by atoms with Gasteiger partial charge in [0.2, 0.25) is 0 Å². The number of aryl methyl sites for hydroxylation is 1. The molecule has 0 amide bonds. The number of benzene rings is 1. The second kappa shape index (κ2) is 4.20. The van der Waals surface area contributed by atoms with Crippen molar-refractivity contribution < 1.29 is 9.90 Å². The van der Waals surface area contributed by atoms with Gasteiger partial charge in [0, 0.05) is 10.9 Å². The monoisotopic (exact) mass is 253 g/mol. The number of aromatic carboxylic acids is 1. The summed E-state index contributed by atoms with van der Waals surface area (Å²) in [4.78, 5) is 21.9. The third kappa shape index (κ3) is 2.06. The molecule has 0 spiro atoms. The molecule has 0 radical (unpaired) electrons. The highest BCUT2D eigenvalue weighted by Crippen LogP contribution is 2.22. The molecule has 0 unspecified atom stereocenters. The van der Waals surface area contributed by atoms with Crippen molar-refractivity contribution in [3.63, 3.8) is 0 Å². The van der Waals surface area contributed by atoms with E-state index in [0.717, 1.165) is 16.6 Å². The van der Waals surface area contributed by atoms with E-state index in [9.17, 15) is 4.79 Å². The standard InChI is InChI=1S/C14H11N3O2/c1-8-2-3-9-5-11(17-10(9)4-8)12-6-16-13(7-15-12)14(18)19/h2-7,17H,1H3,(H,18,19).